The highest BCUT2D eigenvalue weighted by atomic mass is 35.5. The van der Waals surface area contributed by atoms with Crippen molar-refractivity contribution in [3.63, 3.8) is 0 Å². The summed E-state index contributed by atoms with van der Waals surface area (Å²) in [6.07, 6.45) is -3.48. The Kier molecular flexibility index (Phi) is 6.99. The van der Waals surface area contributed by atoms with E-state index in [1.807, 2.05) is 0 Å². The van der Waals surface area contributed by atoms with Crippen LogP contribution in [0.15, 0.2) is 70.1 Å². The molecule has 40 heavy (non-hydrogen) atoms. The molecule has 3 aromatic carbocycles. The molecule has 0 radical (unpaired) electrons. The van der Waals surface area contributed by atoms with Crippen molar-refractivity contribution < 1.29 is 32.5 Å². The molecule has 11 nitrogen and oxygen atoms in total. The summed E-state index contributed by atoms with van der Waals surface area (Å²) in [6, 6.07) is 10.7. The highest BCUT2D eigenvalue weighted by Crippen LogP contribution is 2.38. The van der Waals surface area contributed by atoms with E-state index in [9.17, 15) is 33.4 Å². The maximum atomic E-state index is 13.3. The Morgan fingerprint density at radius 3 is 2.35 bits per heavy atom. The third-order valence-electron chi connectivity index (χ3n) is 5.58. The zero-order valence-corrected chi connectivity index (χ0v) is 21.2. The molecule has 16 heteroatoms. The number of alkyl halides is 3. The Morgan fingerprint density at radius 1 is 1.00 bits per heavy atom. The fourth-order valence-corrected chi connectivity index (χ4v) is 4.66. The van der Waals surface area contributed by atoms with Crippen LogP contribution in [0.1, 0.15) is 11.1 Å². The van der Waals surface area contributed by atoms with Crippen molar-refractivity contribution in [3.8, 4) is 22.8 Å². The summed E-state index contributed by atoms with van der Waals surface area (Å²) in [5, 5.41) is 28.6. The lowest BCUT2D eigenvalue weighted by molar-refractivity contribution is -0.385. The normalized spacial score (nSPS) is 13.2. The minimum atomic E-state index is -4.64. The Hall–Kier alpha value is -4.76. The number of hydrogen-bond acceptors (Lipinski definition) is 9. The molecule has 0 unspecified atom stereocenters. The fraction of sp³-hybridized carbons (Fsp3) is 0.0833. The molecule has 0 aliphatic carbocycles. The number of benzene rings is 3. The van der Waals surface area contributed by atoms with Crippen LogP contribution in [0.4, 0.5) is 30.2 Å². The van der Waals surface area contributed by atoms with E-state index < -0.39 is 21.6 Å². The highest BCUT2D eigenvalue weighted by Gasteiger charge is 2.31. The number of fused-ring (bicyclic) bond motifs is 1. The van der Waals surface area contributed by atoms with Crippen LogP contribution in [0.2, 0.25) is 5.02 Å². The summed E-state index contributed by atoms with van der Waals surface area (Å²) in [5.74, 6) is 0.451. The molecule has 0 saturated heterocycles. The number of nitro groups is 2. The maximum absolute atomic E-state index is 13.3. The van der Waals surface area contributed by atoms with Crippen LogP contribution >= 0.6 is 22.9 Å². The largest absolute Gasteiger partial charge is 0.454 e. The van der Waals surface area contributed by atoms with Gasteiger partial charge in [-0.05, 0) is 36.4 Å². The molecular formula is C24H13ClF3N5O6S. The van der Waals surface area contributed by atoms with Gasteiger partial charge in [-0.3, -0.25) is 20.2 Å². The molecular weight excluding hydrogens is 579 g/mol. The number of rotatable bonds is 6. The molecule has 0 N–H and O–H groups in total. The molecule has 1 aliphatic rings. The first-order valence-electron chi connectivity index (χ1n) is 11.0. The van der Waals surface area contributed by atoms with Crippen molar-refractivity contribution in [2.75, 3.05) is 6.79 Å². The van der Waals surface area contributed by atoms with Crippen LogP contribution < -0.4 is 14.3 Å². The molecule has 0 saturated carbocycles. The van der Waals surface area contributed by atoms with Gasteiger partial charge in [-0.25, -0.2) is 9.67 Å². The van der Waals surface area contributed by atoms with Gasteiger partial charge in [0.25, 0.3) is 11.4 Å². The predicted octanol–water partition coefficient (Wildman–Crippen LogP) is 6.55. The average Bonchev–Trinajstić information content (AvgIpc) is 3.53. The van der Waals surface area contributed by atoms with Crippen molar-refractivity contribution >= 4 is 46.2 Å². The van der Waals surface area contributed by atoms with Crippen LogP contribution in [0, 0.1) is 20.2 Å². The quantitative estimate of drug-likeness (QED) is 0.142. The summed E-state index contributed by atoms with van der Waals surface area (Å²) in [6.45, 7) is -0.114. The highest BCUT2D eigenvalue weighted by molar-refractivity contribution is 7.07. The van der Waals surface area contributed by atoms with E-state index >= 15 is 0 Å². The minimum absolute atomic E-state index is 0.0469. The molecule has 0 amide bonds. The second-order valence-corrected chi connectivity index (χ2v) is 9.30. The number of nitro benzene ring substituents is 2. The molecule has 2 heterocycles. The standard InChI is InChI=1S/C24H13ClF3N5O6S/c25-17-6-3-15(24(26,27)28)8-18(17)30-23-31(20(11-40-23)13-1-4-16(5-2-13)32(34)35)29-10-14-7-21-22(39-12-38-21)9-19(14)33(36)37/h1-11H,12H2/b29-10+,30-23?. The van der Waals surface area contributed by atoms with E-state index in [4.69, 9.17) is 21.1 Å². The number of ether oxygens (including phenoxy) is 2. The van der Waals surface area contributed by atoms with E-state index in [1.54, 1.807) is 5.38 Å². The van der Waals surface area contributed by atoms with E-state index in [-0.39, 0.29) is 50.7 Å². The second kappa shape index (κ2) is 10.4. The summed E-state index contributed by atoms with van der Waals surface area (Å²) in [4.78, 5) is 25.9. The number of aromatic nitrogens is 1. The number of hydrogen-bond donors (Lipinski definition) is 0. The predicted molar refractivity (Wildman–Crippen MR) is 138 cm³/mol. The molecule has 1 aliphatic heterocycles. The lowest BCUT2D eigenvalue weighted by Gasteiger charge is -2.08. The van der Waals surface area contributed by atoms with Crippen LogP contribution in [0.25, 0.3) is 11.3 Å². The van der Waals surface area contributed by atoms with Crippen molar-refractivity contribution in [3.05, 3.63) is 101 Å². The Labute approximate surface area is 230 Å². The lowest BCUT2D eigenvalue weighted by Crippen LogP contribution is -2.12. The number of nitrogens with zero attached hydrogens (tertiary/aromatic N) is 5. The molecule has 0 atom stereocenters. The summed E-state index contributed by atoms with van der Waals surface area (Å²) < 4.78 is 51.6. The molecule has 0 spiro atoms. The fourth-order valence-electron chi connectivity index (χ4n) is 3.65. The van der Waals surface area contributed by atoms with E-state index in [0.29, 0.717) is 11.3 Å². The SMILES string of the molecule is O=[N+]([O-])c1ccc(-c2csc(=Nc3cc(C(F)(F)F)ccc3Cl)n2/N=C/c2cc3c(cc2[N+](=O)[O-])OCO3)cc1. The van der Waals surface area contributed by atoms with E-state index in [0.717, 1.165) is 35.8 Å². The van der Waals surface area contributed by atoms with Gasteiger partial charge in [0.1, 0.15) is 0 Å². The summed E-state index contributed by atoms with van der Waals surface area (Å²) in [7, 11) is 0. The van der Waals surface area contributed by atoms with Gasteiger partial charge in [0.05, 0.1) is 49.7 Å². The molecule has 4 aromatic rings. The third kappa shape index (κ3) is 5.37. The third-order valence-corrected chi connectivity index (χ3v) is 6.72. The molecule has 5 rings (SSSR count). The van der Waals surface area contributed by atoms with E-state index in [2.05, 4.69) is 10.1 Å². The molecule has 204 valence electrons. The smallest absolute Gasteiger partial charge is 0.416 e. The number of halogens is 4. The van der Waals surface area contributed by atoms with Gasteiger partial charge in [0.2, 0.25) is 11.6 Å². The number of thiazole rings is 1. The van der Waals surface area contributed by atoms with Crippen LogP contribution in [0.5, 0.6) is 11.5 Å². The first-order valence-corrected chi connectivity index (χ1v) is 12.3. The van der Waals surface area contributed by atoms with Crippen LogP contribution in [-0.2, 0) is 6.18 Å². The van der Waals surface area contributed by atoms with Gasteiger partial charge in [-0.15, -0.1) is 11.3 Å². The van der Waals surface area contributed by atoms with Gasteiger partial charge in [0, 0.05) is 23.1 Å². The van der Waals surface area contributed by atoms with Gasteiger partial charge >= 0.3 is 6.18 Å². The number of non-ortho nitro benzene ring substituents is 1. The van der Waals surface area contributed by atoms with Crippen LogP contribution in [-0.4, -0.2) is 27.5 Å². The Balaban J connectivity index is 1.68. The zero-order chi connectivity index (χ0) is 28.6. The molecule has 1 aromatic heterocycles. The molecule has 0 bridgehead atoms. The van der Waals surface area contributed by atoms with Crippen molar-refractivity contribution in [2.24, 2.45) is 10.1 Å². The first-order chi connectivity index (χ1) is 19.0. The minimum Gasteiger partial charge on any atom is -0.454 e. The second-order valence-electron chi connectivity index (χ2n) is 8.06. The average molecular weight is 592 g/mol. The summed E-state index contributed by atoms with van der Waals surface area (Å²) >= 11 is 7.13. The Bertz CT molecular complexity index is 1750. The van der Waals surface area contributed by atoms with Crippen molar-refractivity contribution in [2.45, 2.75) is 6.18 Å². The topological polar surface area (TPSA) is 134 Å². The monoisotopic (exact) mass is 591 g/mol. The van der Waals surface area contributed by atoms with Gasteiger partial charge < -0.3 is 9.47 Å². The van der Waals surface area contributed by atoms with Crippen molar-refractivity contribution in [1.82, 2.24) is 4.68 Å². The maximum Gasteiger partial charge on any atom is 0.416 e. The van der Waals surface area contributed by atoms with Crippen LogP contribution in [0.3, 0.4) is 0 Å². The molecule has 0 fully saturated rings. The van der Waals surface area contributed by atoms with Gasteiger partial charge in [-0.1, -0.05) is 11.6 Å². The lowest BCUT2D eigenvalue weighted by atomic mass is 10.1. The zero-order valence-electron chi connectivity index (χ0n) is 19.7. The summed E-state index contributed by atoms with van der Waals surface area (Å²) in [5.41, 5.74) is -0.797. The van der Waals surface area contributed by atoms with Crippen molar-refractivity contribution in [1.29, 1.82) is 0 Å². The Morgan fingerprint density at radius 2 is 1.70 bits per heavy atom. The van der Waals surface area contributed by atoms with Gasteiger partial charge in [0.15, 0.2) is 11.5 Å². The van der Waals surface area contributed by atoms with Gasteiger partial charge in [-0.2, -0.15) is 18.3 Å². The van der Waals surface area contributed by atoms with E-state index in [1.165, 1.54) is 41.1 Å². The first kappa shape index (κ1) is 26.8.